The summed E-state index contributed by atoms with van der Waals surface area (Å²) in [5, 5.41) is 0.773. The molecule has 2 heterocycles. The van der Waals surface area contributed by atoms with Gasteiger partial charge in [-0.25, -0.2) is 4.98 Å². The number of pyridine rings is 1. The normalized spacial score (nSPS) is 17.1. The van der Waals surface area contributed by atoms with Gasteiger partial charge in [-0.15, -0.1) is 0 Å². The summed E-state index contributed by atoms with van der Waals surface area (Å²) in [6.45, 7) is 8.22. The van der Waals surface area contributed by atoms with Crippen molar-refractivity contribution in [2.75, 3.05) is 25.1 Å². The SMILES string of the molecule is COC1CN(c2nccc(C(C)(C)C)c2Cl)C1. The quantitative estimate of drug-likeness (QED) is 0.812. The molecule has 0 spiro atoms. The van der Waals surface area contributed by atoms with E-state index in [9.17, 15) is 0 Å². The Labute approximate surface area is 108 Å². The zero-order valence-corrected chi connectivity index (χ0v) is 11.6. The van der Waals surface area contributed by atoms with Crippen LogP contribution in [0.2, 0.25) is 5.02 Å². The van der Waals surface area contributed by atoms with Crippen LogP contribution in [0.25, 0.3) is 0 Å². The number of anilines is 1. The predicted octanol–water partition coefficient (Wildman–Crippen LogP) is 2.87. The molecule has 0 N–H and O–H groups in total. The lowest BCUT2D eigenvalue weighted by molar-refractivity contribution is 0.0783. The predicted molar refractivity (Wildman–Crippen MR) is 71.0 cm³/mol. The van der Waals surface area contributed by atoms with E-state index in [1.54, 1.807) is 7.11 Å². The maximum atomic E-state index is 6.45. The average Bonchev–Trinajstić information content (AvgIpc) is 2.17. The molecular weight excluding hydrogens is 236 g/mol. The van der Waals surface area contributed by atoms with Crippen LogP contribution >= 0.6 is 11.6 Å². The van der Waals surface area contributed by atoms with Crippen molar-refractivity contribution >= 4 is 17.4 Å². The zero-order chi connectivity index (χ0) is 12.6. The van der Waals surface area contributed by atoms with E-state index in [1.165, 1.54) is 0 Å². The molecule has 1 aromatic heterocycles. The van der Waals surface area contributed by atoms with Crippen LogP contribution in [0.3, 0.4) is 0 Å². The number of hydrogen-bond donors (Lipinski definition) is 0. The zero-order valence-electron chi connectivity index (χ0n) is 10.8. The van der Waals surface area contributed by atoms with Crippen molar-refractivity contribution in [3.8, 4) is 0 Å². The summed E-state index contributed by atoms with van der Waals surface area (Å²) in [6, 6.07) is 2.00. The van der Waals surface area contributed by atoms with Crippen molar-refractivity contribution in [1.29, 1.82) is 0 Å². The van der Waals surface area contributed by atoms with Gasteiger partial charge in [-0.2, -0.15) is 0 Å². The largest absolute Gasteiger partial charge is 0.378 e. The number of nitrogens with zero attached hydrogens (tertiary/aromatic N) is 2. The Morgan fingerprint density at radius 3 is 2.59 bits per heavy atom. The lowest BCUT2D eigenvalue weighted by Crippen LogP contribution is -2.52. The van der Waals surface area contributed by atoms with E-state index in [0.717, 1.165) is 29.5 Å². The van der Waals surface area contributed by atoms with E-state index in [4.69, 9.17) is 16.3 Å². The molecule has 1 saturated heterocycles. The highest BCUT2D eigenvalue weighted by Gasteiger charge is 2.30. The van der Waals surface area contributed by atoms with Crippen LogP contribution in [-0.2, 0) is 10.2 Å². The van der Waals surface area contributed by atoms with Gasteiger partial charge in [0.2, 0.25) is 0 Å². The first-order chi connectivity index (χ1) is 7.93. The van der Waals surface area contributed by atoms with Gasteiger partial charge in [0.15, 0.2) is 0 Å². The standard InChI is InChI=1S/C13H19ClN2O/c1-13(2,3)10-5-6-15-12(11(10)14)16-7-9(8-16)17-4/h5-6,9H,7-8H2,1-4H3. The van der Waals surface area contributed by atoms with Gasteiger partial charge in [0, 0.05) is 26.4 Å². The minimum atomic E-state index is 0.0420. The van der Waals surface area contributed by atoms with Gasteiger partial charge >= 0.3 is 0 Å². The second-order valence-electron chi connectivity index (χ2n) is 5.51. The fourth-order valence-corrected chi connectivity index (χ4v) is 2.51. The first-order valence-electron chi connectivity index (χ1n) is 5.86. The van der Waals surface area contributed by atoms with Crippen molar-refractivity contribution in [2.45, 2.75) is 32.3 Å². The smallest absolute Gasteiger partial charge is 0.147 e. The van der Waals surface area contributed by atoms with Gasteiger partial charge in [0.25, 0.3) is 0 Å². The molecular formula is C13H19ClN2O. The summed E-state index contributed by atoms with van der Waals surface area (Å²) in [7, 11) is 1.74. The Bertz CT molecular complexity index is 408. The molecule has 1 aliphatic rings. The first kappa shape index (κ1) is 12.7. The third-order valence-electron chi connectivity index (χ3n) is 3.16. The minimum Gasteiger partial charge on any atom is -0.378 e. The summed E-state index contributed by atoms with van der Waals surface area (Å²) >= 11 is 6.45. The fourth-order valence-electron chi connectivity index (χ4n) is 1.99. The highest BCUT2D eigenvalue weighted by Crippen LogP contribution is 2.36. The van der Waals surface area contributed by atoms with Crippen LogP contribution in [-0.4, -0.2) is 31.3 Å². The molecule has 0 aliphatic carbocycles. The van der Waals surface area contributed by atoms with Gasteiger partial charge < -0.3 is 9.64 Å². The van der Waals surface area contributed by atoms with Gasteiger partial charge in [-0.1, -0.05) is 32.4 Å². The second kappa shape index (κ2) is 4.46. The molecule has 1 aromatic rings. The topological polar surface area (TPSA) is 25.4 Å². The van der Waals surface area contributed by atoms with Crippen molar-refractivity contribution in [3.63, 3.8) is 0 Å². The van der Waals surface area contributed by atoms with Crippen molar-refractivity contribution in [1.82, 2.24) is 4.98 Å². The monoisotopic (exact) mass is 254 g/mol. The molecule has 0 amide bonds. The van der Waals surface area contributed by atoms with E-state index in [-0.39, 0.29) is 5.41 Å². The summed E-state index contributed by atoms with van der Waals surface area (Å²) in [4.78, 5) is 6.54. The van der Waals surface area contributed by atoms with Gasteiger partial charge in [0.05, 0.1) is 11.1 Å². The maximum absolute atomic E-state index is 6.45. The van der Waals surface area contributed by atoms with E-state index in [0.29, 0.717) is 6.10 Å². The summed E-state index contributed by atoms with van der Waals surface area (Å²) in [5.74, 6) is 0.882. The van der Waals surface area contributed by atoms with E-state index in [1.807, 2.05) is 12.3 Å². The highest BCUT2D eigenvalue weighted by molar-refractivity contribution is 6.33. The van der Waals surface area contributed by atoms with Crippen LogP contribution in [0, 0.1) is 0 Å². The average molecular weight is 255 g/mol. The Hall–Kier alpha value is -0.800. The number of ether oxygens (including phenoxy) is 1. The minimum absolute atomic E-state index is 0.0420. The van der Waals surface area contributed by atoms with E-state index < -0.39 is 0 Å². The highest BCUT2D eigenvalue weighted by atomic mass is 35.5. The number of hydrogen-bond acceptors (Lipinski definition) is 3. The molecule has 1 fully saturated rings. The number of aromatic nitrogens is 1. The third-order valence-corrected chi connectivity index (χ3v) is 3.53. The number of rotatable bonds is 2. The van der Waals surface area contributed by atoms with Gasteiger partial charge in [0.1, 0.15) is 5.82 Å². The van der Waals surface area contributed by atoms with Gasteiger partial charge in [-0.05, 0) is 17.0 Å². The third kappa shape index (κ3) is 2.40. The van der Waals surface area contributed by atoms with Crippen LogP contribution in [0.1, 0.15) is 26.3 Å². The molecule has 17 heavy (non-hydrogen) atoms. The summed E-state index contributed by atoms with van der Waals surface area (Å²) < 4.78 is 5.26. The Balaban J connectivity index is 2.25. The Morgan fingerprint density at radius 1 is 1.41 bits per heavy atom. The van der Waals surface area contributed by atoms with Crippen LogP contribution in [0.15, 0.2) is 12.3 Å². The molecule has 0 bridgehead atoms. The Morgan fingerprint density at radius 2 is 2.06 bits per heavy atom. The van der Waals surface area contributed by atoms with Crippen LogP contribution < -0.4 is 4.90 Å². The molecule has 3 nitrogen and oxygen atoms in total. The van der Waals surface area contributed by atoms with Gasteiger partial charge in [-0.3, -0.25) is 0 Å². The molecule has 0 aromatic carbocycles. The lowest BCUT2D eigenvalue weighted by atomic mass is 9.87. The Kier molecular flexibility index (Phi) is 3.32. The van der Waals surface area contributed by atoms with E-state index in [2.05, 4.69) is 30.7 Å². The molecule has 0 unspecified atom stereocenters. The summed E-state index contributed by atoms with van der Waals surface area (Å²) in [6.07, 6.45) is 2.15. The molecule has 94 valence electrons. The van der Waals surface area contributed by atoms with Crippen molar-refractivity contribution in [3.05, 3.63) is 22.8 Å². The molecule has 1 aliphatic heterocycles. The lowest BCUT2D eigenvalue weighted by Gasteiger charge is -2.40. The maximum Gasteiger partial charge on any atom is 0.147 e. The molecule has 0 saturated carbocycles. The second-order valence-corrected chi connectivity index (χ2v) is 5.89. The van der Waals surface area contributed by atoms with Crippen molar-refractivity contribution in [2.24, 2.45) is 0 Å². The number of methoxy groups -OCH3 is 1. The molecule has 2 rings (SSSR count). The van der Waals surface area contributed by atoms with Crippen LogP contribution in [0.5, 0.6) is 0 Å². The molecule has 0 radical (unpaired) electrons. The van der Waals surface area contributed by atoms with Crippen LogP contribution in [0.4, 0.5) is 5.82 Å². The number of halogens is 1. The molecule has 4 heteroatoms. The van der Waals surface area contributed by atoms with E-state index >= 15 is 0 Å². The first-order valence-corrected chi connectivity index (χ1v) is 6.24. The summed E-state index contributed by atoms with van der Waals surface area (Å²) in [5.41, 5.74) is 1.19. The fraction of sp³-hybridized carbons (Fsp3) is 0.615. The molecule has 0 atom stereocenters. The van der Waals surface area contributed by atoms with Crippen molar-refractivity contribution < 1.29 is 4.74 Å².